The van der Waals surface area contributed by atoms with Crippen molar-refractivity contribution in [3.8, 4) is 5.88 Å². The maximum atomic E-state index is 12.0. The predicted molar refractivity (Wildman–Crippen MR) is 99.6 cm³/mol. The van der Waals surface area contributed by atoms with Crippen LogP contribution in [0.1, 0.15) is 18.4 Å². The van der Waals surface area contributed by atoms with Crippen LogP contribution in [0, 0.1) is 6.92 Å². The molecule has 1 aliphatic rings. The van der Waals surface area contributed by atoms with Gasteiger partial charge < -0.3 is 9.47 Å². The topological polar surface area (TPSA) is 74.7 Å². The lowest BCUT2D eigenvalue weighted by molar-refractivity contribution is -0.0677. The Morgan fingerprint density at radius 2 is 1.81 bits per heavy atom. The van der Waals surface area contributed by atoms with Gasteiger partial charge in [-0.05, 0) is 41.1 Å². The largest absolute Gasteiger partial charge is 0.474 e. The second-order valence-corrected chi connectivity index (χ2v) is 8.64. The first-order chi connectivity index (χ1) is 12.4. The summed E-state index contributed by atoms with van der Waals surface area (Å²) in [4.78, 5) is 4.32. The number of pyridine rings is 1. The van der Waals surface area contributed by atoms with Crippen LogP contribution in [0.15, 0.2) is 52.0 Å². The summed E-state index contributed by atoms with van der Waals surface area (Å²) >= 11 is 3.33. The van der Waals surface area contributed by atoms with E-state index in [1.807, 2.05) is 19.1 Å². The van der Waals surface area contributed by atoms with Crippen LogP contribution < -0.4 is 4.74 Å². The molecule has 26 heavy (non-hydrogen) atoms. The van der Waals surface area contributed by atoms with Gasteiger partial charge in [0.1, 0.15) is 6.10 Å². The van der Waals surface area contributed by atoms with Crippen molar-refractivity contribution in [2.45, 2.75) is 36.9 Å². The minimum absolute atomic E-state index is 0.00744. The van der Waals surface area contributed by atoms with Crippen molar-refractivity contribution in [1.29, 1.82) is 0 Å². The molecule has 1 fully saturated rings. The van der Waals surface area contributed by atoms with E-state index in [-0.39, 0.29) is 30.3 Å². The van der Waals surface area contributed by atoms with Gasteiger partial charge in [-0.1, -0.05) is 17.7 Å². The second-order valence-electron chi connectivity index (χ2n) is 6.11. The molecule has 1 aromatic carbocycles. The minimum Gasteiger partial charge on any atom is -0.474 e. The van der Waals surface area contributed by atoms with E-state index in [0.717, 1.165) is 22.9 Å². The standard InChI is InChI=1S/C18H20BrNO5S/c1-13-2-5-17(6-3-13)26(21,22)24-9-8-23-15-10-16(11-15)25-18-7-4-14(19)12-20-18/h2-7,12,15-16H,8-11H2,1H3. The molecule has 8 heteroatoms. The molecule has 2 aromatic rings. The van der Waals surface area contributed by atoms with Gasteiger partial charge >= 0.3 is 0 Å². The van der Waals surface area contributed by atoms with Gasteiger partial charge in [0.25, 0.3) is 10.1 Å². The van der Waals surface area contributed by atoms with Gasteiger partial charge in [-0.3, -0.25) is 4.18 Å². The van der Waals surface area contributed by atoms with Crippen LogP contribution >= 0.6 is 15.9 Å². The number of aromatic nitrogens is 1. The van der Waals surface area contributed by atoms with Gasteiger partial charge in [0.05, 0.1) is 24.2 Å². The molecular formula is C18H20BrNO5S. The minimum atomic E-state index is -3.74. The molecule has 1 aliphatic carbocycles. The van der Waals surface area contributed by atoms with Crippen LogP contribution in [0.2, 0.25) is 0 Å². The maximum absolute atomic E-state index is 12.0. The Balaban J connectivity index is 1.34. The maximum Gasteiger partial charge on any atom is 0.297 e. The zero-order chi connectivity index (χ0) is 18.6. The molecule has 0 amide bonds. The van der Waals surface area contributed by atoms with Gasteiger partial charge in [-0.25, -0.2) is 4.98 Å². The normalized spacial score (nSPS) is 19.8. The number of ether oxygens (including phenoxy) is 2. The van der Waals surface area contributed by atoms with E-state index in [0.29, 0.717) is 5.88 Å². The number of halogens is 1. The lowest BCUT2D eigenvalue weighted by atomic mass is 9.92. The highest BCUT2D eigenvalue weighted by atomic mass is 79.9. The number of hydrogen-bond acceptors (Lipinski definition) is 6. The highest BCUT2D eigenvalue weighted by Crippen LogP contribution is 2.27. The first-order valence-corrected chi connectivity index (χ1v) is 10.5. The SMILES string of the molecule is Cc1ccc(S(=O)(=O)OCCOC2CC(Oc3ccc(Br)cn3)C2)cc1. The summed E-state index contributed by atoms with van der Waals surface area (Å²) in [5, 5.41) is 0. The van der Waals surface area contributed by atoms with Crippen molar-refractivity contribution < 1.29 is 22.1 Å². The van der Waals surface area contributed by atoms with Gasteiger partial charge in [-0.15, -0.1) is 0 Å². The molecule has 0 aliphatic heterocycles. The van der Waals surface area contributed by atoms with Gasteiger partial charge in [0, 0.05) is 29.6 Å². The van der Waals surface area contributed by atoms with E-state index >= 15 is 0 Å². The van der Waals surface area contributed by atoms with E-state index in [2.05, 4.69) is 20.9 Å². The summed E-state index contributed by atoms with van der Waals surface area (Å²) in [6, 6.07) is 10.2. The third-order valence-electron chi connectivity index (χ3n) is 4.02. The number of rotatable bonds is 8. The molecule has 0 bridgehead atoms. The zero-order valence-corrected chi connectivity index (χ0v) is 16.7. The van der Waals surface area contributed by atoms with Crippen LogP contribution in [0.5, 0.6) is 5.88 Å². The third kappa shape index (κ3) is 5.26. The molecule has 0 unspecified atom stereocenters. The first kappa shape index (κ1) is 19.3. The van der Waals surface area contributed by atoms with Crippen molar-refractivity contribution >= 4 is 26.0 Å². The third-order valence-corrected chi connectivity index (χ3v) is 5.82. The fourth-order valence-corrected chi connectivity index (χ4v) is 3.61. The molecule has 6 nitrogen and oxygen atoms in total. The predicted octanol–water partition coefficient (Wildman–Crippen LogP) is 3.48. The van der Waals surface area contributed by atoms with E-state index in [1.54, 1.807) is 18.3 Å². The Labute approximate surface area is 161 Å². The van der Waals surface area contributed by atoms with Crippen LogP contribution in [-0.2, 0) is 19.0 Å². The van der Waals surface area contributed by atoms with Crippen molar-refractivity contribution in [3.63, 3.8) is 0 Å². The van der Waals surface area contributed by atoms with Crippen LogP contribution in [0.3, 0.4) is 0 Å². The first-order valence-electron chi connectivity index (χ1n) is 8.28. The summed E-state index contributed by atoms with van der Waals surface area (Å²) in [6.07, 6.45) is 3.32. The van der Waals surface area contributed by atoms with Gasteiger partial charge in [0.2, 0.25) is 5.88 Å². The van der Waals surface area contributed by atoms with Crippen molar-refractivity contribution in [2.75, 3.05) is 13.2 Å². The van der Waals surface area contributed by atoms with Gasteiger partial charge in [-0.2, -0.15) is 8.42 Å². The quantitative estimate of drug-likeness (QED) is 0.460. The average molecular weight is 442 g/mol. The Kier molecular flexibility index (Phi) is 6.29. The Hall–Kier alpha value is -1.48. The van der Waals surface area contributed by atoms with Crippen LogP contribution in [0.25, 0.3) is 0 Å². The fraction of sp³-hybridized carbons (Fsp3) is 0.389. The Morgan fingerprint density at radius 3 is 2.46 bits per heavy atom. The molecule has 0 saturated heterocycles. The van der Waals surface area contributed by atoms with Crippen LogP contribution in [-0.4, -0.2) is 38.8 Å². The number of nitrogens with zero attached hydrogens (tertiary/aromatic N) is 1. The lowest BCUT2D eigenvalue weighted by Crippen LogP contribution is -2.40. The van der Waals surface area contributed by atoms with Crippen LogP contribution in [0.4, 0.5) is 0 Å². The number of aryl methyl sites for hydroxylation is 1. The lowest BCUT2D eigenvalue weighted by Gasteiger charge is -2.34. The molecule has 1 aromatic heterocycles. The zero-order valence-electron chi connectivity index (χ0n) is 14.3. The fourth-order valence-electron chi connectivity index (χ4n) is 2.48. The summed E-state index contributed by atoms with van der Waals surface area (Å²) in [7, 11) is -3.74. The summed E-state index contributed by atoms with van der Waals surface area (Å²) in [6.45, 7) is 2.11. The number of benzene rings is 1. The van der Waals surface area contributed by atoms with Crippen molar-refractivity contribution in [1.82, 2.24) is 4.98 Å². The second kappa shape index (κ2) is 8.47. The van der Waals surface area contributed by atoms with Crippen molar-refractivity contribution in [3.05, 3.63) is 52.6 Å². The highest BCUT2D eigenvalue weighted by molar-refractivity contribution is 9.10. The Morgan fingerprint density at radius 1 is 1.08 bits per heavy atom. The average Bonchev–Trinajstić information content (AvgIpc) is 2.58. The van der Waals surface area contributed by atoms with E-state index in [4.69, 9.17) is 13.7 Å². The molecule has 3 rings (SSSR count). The molecular weight excluding hydrogens is 422 g/mol. The smallest absolute Gasteiger partial charge is 0.297 e. The molecule has 0 radical (unpaired) electrons. The highest BCUT2D eigenvalue weighted by Gasteiger charge is 2.32. The molecule has 1 saturated carbocycles. The summed E-state index contributed by atoms with van der Waals surface area (Å²) in [5.74, 6) is 0.587. The molecule has 140 valence electrons. The van der Waals surface area contributed by atoms with E-state index in [9.17, 15) is 8.42 Å². The number of hydrogen-bond donors (Lipinski definition) is 0. The molecule has 0 N–H and O–H groups in total. The van der Waals surface area contributed by atoms with E-state index < -0.39 is 10.1 Å². The van der Waals surface area contributed by atoms with E-state index in [1.165, 1.54) is 12.1 Å². The Bertz CT molecular complexity index is 818. The summed E-state index contributed by atoms with van der Waals surface area (Å²) in [5.41, 5.74) is 0.993. The summed E-state index contributed by atoms with van der Waals surface area (Å²) < 4.78 is 41.3. The van der Waals surface area contributed by atoms with Crippen molar-refractivity contribution in [2.24, 2.45) is 0 Å². The van der Waals surface area contributed by atoms with Gasteiger partial charge in [0.15, 0.2) is 0 Å². The molecule has 1 heterocycles. The molecule has 0 spiro atoms. The molecule has 0 atom stereocenters. The monoisotopic (exact) mass is 441 g/mol.